The zero-order chi connectivity index (χ0) is 25.7. The molecule has 1 N–H and O–H groups in total. The molecule has 0 fully saturated rings. The van der Waals surface area contributed by atoms with E-state index in [4.69, 9.17) is 31.3 Å². The number of oxime groups is 1. The van der Waals surface area contributed by atoms with Crippen LogP contribution in [-0.4, -0.2) is 44.2 Å². The number of ether oxygens (including phenoxy) is 3. The summed E-state index contributed by atoms with van der Waals surface area (Å²) in [6.07, 6.45) is 3.70. The third-order valence-corrected chi connectivity index (χ3v) is 6.17. The molecule has 3 aromatic carbocycles. The van der Waals surface area contributed by atoms with E-state index in [2.05, 4.69) is 28.7 Å². The maximum atomic E-state index is 5.89. The second-order valence-corrected chi connectivity index (χ2v) is 9.09. The molecular formula is C30H32N2O4S. The average molecular weight is 517 g/mol. The highest BCUT2D eigenvalue weighted by molar-refractivity contribution is 7.80. The average Bonchev–Trinajstić information content (AvgIpc) is 2.96. The van der Waals surface area contributed by atoms with Crippen molar-refractivity contribution >= 4 is 22.9 Å². The van der Waals surface area contributed by atoms with Gasteiger partial charge in [0.25, 0.3) is 0 Å². The van der Waals surface area contributed by atoms with Crippen molar-refractivity contribution in [3.8, 4) is 11.5 Å². The topological polar surface area (TPSA) is 61.3 Å². The Bertz CT molecular complexity index is 1190. The van der Waals surface area contributed by atoms with Crippen molar-refractivity contribution in [2.24, 2.45) is 5.16 Å². The summed E-state index contributed by atoms with van der Waals surface area (Å²) in [5.41, 5.74) is 5.31. The van der Waals surface area contributed by atoms with E-state index in [1.54, 1.807) is 7.11 Å². The monoisotopic (exact) mass is 516 g/mol. The smallest absolute Gasteiger partial charge is 0.142 e. The molecule has 1 aliphatic heterocycles. The lowest BCUT2D eigenvalue weighted by Crippen LogP contribution is -2.29. The van der Waals surface area contributed by atoms with E-state index < -0.39 is 0 Å². The molecule has 0 aliphatic carbocycles. The Balaban J connectivity index is 1.35. The first-order valence-electron chi connectivity index (χ1n) is 12.3. The number of methoxy groups -OCH3 is 1. The second kappa shape index (κ2) is 14.2. The minimum atomic E-state index is 0.328. The summed E-state index contributed by atoms with van der Waals surface area (Å²) in [6.45, 7) is 2.88. The fourth-order valence-electron chi connectivity index (χ4n) is 3.76. The van der Waals surface area contributed by atoms with Gasteiger partial charge in [0, 0.05) is 13.0 Å². The van der Waals surface area contributed by atoms with Gasteiger partial charge in [0.05, 0.1) is 26.0 Å². The van der Waals surface area contributed by atoms with E-state index in [1.165, 1.54) is 5.57 Å². The van der Waals surface area contributed by atoms with E-state index in [0.29, 0.717) is 31.2 Å². The first-order valence-corrected chi connectivity index (χ1v) is 12.7. The van der Waals surface area contributed by atoms with Gasteiger partial charge in [0.2, 0.25) is 0 Å². The minimum Gasteiger partial charge on any atom is -0.497 e. The fourth-order valence-corrected chi connectivity index (χ4v) is 3.90. The quantitative estimate of drug-likeness (QED) is 0.148. The summed E-state index contributed by atoms with van der Waals surface area (Å²) in [5.74, 6) is 1.56. The van der Waals surface area contributed by atoms with E-state index in [-0.39, 0.29) is 0 Å². The van der Waals surface area contributed by atoms with Crippen LogP contribution in [0.2, 0.25) is 0 Å². The molecule has 1 heterocycles. The summed E-state index contributed by atoms with van der Waals surface area (Å²) < 4.78 is 16.4. The third kappa shape index (κ3) is 8.74. The molecule has 7 heteroatoms. The van der Waals surface area contributed by atoms with Crippen LogP contribution in [0, 0.1) is 0 Å². The number of hydrogen-bond donors (Lipinski definition) is 1. The van der Waals surface area contributed by atoms with Crippen LogP contribution in [0.4, 0.5) is 0 Å². The molecule has 3 aromatic rings. The molecule has 0 radical (unpaired) electrons. The van der Waals surface area contributed by atoms with Gasteiger partial charge in [-0.1, -0.05) is 71.5 Å². The van der Waals surface area contributed by atoms with Crippen LogP contribution in [0.5, 0.6) is 11.5 Å². The van der Waals surface area contributed by atoms with E-state index in [9.17, 15) is 0 Å². The van der Waals surface area contributed by atoms with E-state index >= 15 is 0 Å². The normalized spacial score (nSPS) is 13.4. The molecular weight excluding hydrogens is 484 g/mol. The molecule has 0 unspecified atom stereocenters. The molecule has 0 bridgehead atoms. The van der Waals surface area contributed by atoms with Gasteiger partial charge in [-0.05, 0) is 59.5 Å². The van der Waals surface area contributed by atoms with Gasteiger partial charge < -0.3 is 24.4 Å². The van der Waals surface area contributed by atoms with Crippen molar-refractivity contribution in [3.05, 3.63) is 107 Å². The number of thiocarbonyl (C=S) groups is 1. The SMILES string of the molecule is COc1ccc(CON=C(Cc2ccccc2)c2ccc(OCC(=S)NCC3=CCOCC3)cc2)cc1. The van der Waals surface area contributed by atoms with Gasteiger partial charge in [0.1, 0.15) is 29.7 Å². The van der Waals surface area contributed by atoms with Crippen LogP contribution in [-0.2, 0) is 22.6 Å². The van der Waals surface area contributed by atoms with Crippen LogP contribution in [0.3, 0.4) is 0 Å². The van der Waals surface area contributed by atoms with Crippen LogP contribution in [0.1, 0.15) is 23.1 Å². The molecule has 0 amide bonds. The standard InChI is InChI=1S/C30H32N2O4S/c1-33-27-11-7-25(8-12-27)21-36-32-29(19-23-5-3-2-4-6-23)26-9-13-28(14-10-26)35-22-30(37)31-20-24-15-17-34-18-16-24/h2-15H,16-22H2,1H3,(H,31,37). The molecule has 6 nitrogen and oxygen atoms in total. The Hall–Kier alpha value is -3.68. The van der Waals surface area contributed by atoms with Crippen molar-refractivity contribution in [1.29, 1.82) is 0 Å². The number of nitrogens with one attached hydrogen (secondary N) is 1. The Morgan fingerprint density at radius 1 is 0.946 bits per heavy atom. The number of nitrogens with zero attached hydrogens (tertiary/aromatic N) is 1. The van der Waals surface area contributed by atoms with Crippen LogP contribution in [0.25, 0.3) is 0 Å². The predicted octanol–water partition coefficient (Wildman–Crippen LogP) is 5.50. The zero-order valence-electron chi connectivity index (χ0n) is 21.0. The van der Waals surface area contributed by atoms with Crippen molar-refractivity contribution < 1.29 is 19.0 Å². The summed E-state index contributed by atoms with van der Waals surface area (Å²) in [7, 11) is 1.65. The van der Waals surface area contributed by atoms with Crippen molar-refractivity contribution in [2.75, 3.05) is 33.5 Å². The fraction of sp³-hybridized carbons (Fsp3) is 0.267. The number of rotatable bonds is 12. The largest absolute Gasteiger partial charge is 0.497 e. The van der Waals surface area contributed by atoms with Gasteiger partial charge in [-0.3, -0.25) is 0 Å². The first-order chi connectivity index (χ1) is 18.2. The molecule has 4 rings (SSSR count). The van der Waals surface area contributed by atoms with Crippen LogP contribution < -0.4 is 14.8 Å². The Labute approximate surface area is 223 Å². The van der Waals surface area contributed by atoms with Crippen LogP contribution >= 0.6 is 12.2 Å². The molecule has 0 spiro atoms. The third-order valence-electron chi connectivity index (χ3n) is 5.91. The Kier molecular flexibility index (Phi) is 10.1. The lowest BCUT2D eigenvalue weighted by molar-refractivity contribution is 0.130. The van der Waals surface area contributed by atoms with Gasteiger partial charge in [-0.25, -0.2) is 0 Å². The highest BCUT2D eigenvalue weighted by Gasteiger charge is 2.09. The lowest BCUT2D eigenvalue weighted by atomic mass is 10.0. The van der Waals surface area contributed by atoms with Crippen molar-refractivity contribution in [1.82, 2.24) is 5.32 Å². The number of benzene rings is 3. The molecule has 0 aromatic heterocycles. The highest BCUT2D eigenvalue weighted by atomic mass is 32.1. The molecule has 37 heavy (non-hydrogen) atoms. The summed E-state index contributed by atoms with van der Waals surface area (Å²) >= 11 is 5.43. The Morgan fingerprint density at radius 2 is 1.70 bits per heavy atom. The lowest BCUT2D eigenvalue weighted by Gasteiger charge is -2.15. The molecule has 192 valence electrons. The first kappa shape index (κ1) is 26.4. The van der Waals surface area contributed by atoms with Gasteiger partial charge in [-0.15, -0.1) is 0 Å². The minimum absolute atomic E-state index is 0.328. The van der Waals surface area contributed by atoms with Gasteiger partial charge in [0.15, 0.2) is 0 Å². The Morgan fingerprint density at radius 3 is 2.41 bits per heavy atom. The summed E-state index contributed by atoms with van der Waals surface area (Å²) in [4.78, 5) is 6.42. The van der Waals surface area contributed by atoms with E-state index in [1.807, 2.05) is 66.7 Å². The van der Waals surface area contributed by atoms with E-state index in [0.717, 1.165) is 53.5 Å². The second-order valence-electron chi connectivity index (χ2n) is 8.60. The highest BCUT2D eigenvalue weighted by Crippen LogP contribution is 2.17. The molecule has 0 atom stereocenters. The maximum Gasteiger partial charge on any atom is 0.142 e. The van der Waals surface area contributed by atoms with Crippen molar-refractivity contribution in [2.45, 2.75) is 19.4 Å². The molecule has 0 saturated carbocycles. The molecule has 1 aliphatic rings. The summed E-state index contributed by atoms with van der Waals surface area (Å²) in [6, 6.07) is 25.8. The van der Waals surface area contributed by atoms with Gasteiger partial charge >= 0.3 is 0 Å². The number of hydrogen-bond acceptors (Lipinski definition) is 6. The predicted molar refractivity (Wildman–Crippen MR) is 151 cm³/mol. The maximum absolute atomic E-state index is 5.89. The zero-order valence-corrected chi connectivity index (χ0v) is 21.8. The molecule has 0 saturated heterocycles. The summed E-state index contributed by atoms with van der Waals surface area (Å²) in [5, 5.41) is 7.76. The van der Waals surface area contributed by atoms with Gasteiger partial charge in [-0.2, -0.15) is 0 Å². The van der Waals surface area contributed by atoms with Crippen LogP contribution in [0.15, 0.2) is 95.7 Å². The van der Waals surface area contributed by atoms with Crippen molar-refractivity contribution in [3.63, 3.8) is 0 Å².